The van der Waals surface area contributed by atoms with E-state index in [1.807, 2.05) is 24.3 Å². The normalized spacial score (nSPS) is 19.6. The molecule has 0 atom stereocenters. The maximum atomic E-state index is 13.5. The predicted octanol–water partition coefficient (Wildman–Crippen LogP) is 3.11. The number of hydrogen-bond donors (Lipinski definition) is 0. The van der Waals surface area contributed by atoms with Crippen molar-refractivity contribution in [1.29, 1.82) is 0 Å². The van der Waals surface area contributed by atoms with Gasteiger partial charge in [-0.15, -0.1) is 0 Å². The molecule has 2 saturated heterocycles. The van der Waals surface area contributed by atoms with Gasteiger partial charge in [-0.2, -0.15) is 0 Å². The number of rotatable bonds is 7. The fourth-order valence-electron chi connectivity index (χ4n) is 5.81. The number of imide groups is 1. The summed E-state index contributed by atoms with van der Waals surface area (Å²) < 4.78 is 10.7. The van der Waals surface area contributed by atoms with Crippen LogP contribution in [-0.4, -0.2) is 92.6 Å². The Morgan fingerprint density at radius 1 is 0.861 bits per heavy atom. The monoisotopic (exact) mass is 492 g/mol. The summed E-state index contributed by atoms with van der Waals surface area (Å²) in [5.74, 6) is 0.717. The number of piperazine rings is 1. The first-order valence-electron chi connectivity index (χ1n) is 13.0. The lowest BCUT2D eigenvalue weighted by Gasteiger charge is -2.43. The van der Waals surface area contributed by atoms with E-state index in [9.17, 15) is 9.59 Å². The Bertz CT molecular complexity index is 1120. The Kier molecular flexibility index (Phi) is 7.16. The van der Waals surface area contributed by atoms with E-state index in [0.29, 0.717) is 28.7 Å². The number of nitrogens with zero attached hydrogens (tertiary/aromatic N) is 4. The summed E-state index contributed by atoms with van der Waals surface area (Å²) in [7, 11) is 3.15. The van der Waals surface area contributed by atoms with Crippen molar-refractivity contribution in [3.8, 4) is 11.5 Å². The molecule has 2 fully saturated rings. The standard InChI is InChI=1S/C28H36N4O4/c1-4-29-12-10-21(11-13-29)30-14-16-31(17-15-30)23-7-5-6-22-26(23)28(34)32(27(22)33)19-20-8-9-24(35-2)25(18-20)36-3/h5-9,18,21H,4,10-17,19H2,1-3H3. The molecule has 0 aromatic heterocycles. The average Bonchev–Trinajstić information content (AvgIpc) is 3.18. The zero-order valence-electron chi connectivity index (χ0n) is 21.5. The van der Waals surface area contributed by atoms with E-state index in [1.165, 1.54) is 30.8 Å². The van der Waals surface area contributed by atoms with Crippen molar-refractivity contribution in [2.24, 2.45) is 0 Å². The lowest BCUT2D eigenvalue weighted by Crippen LogP contribution is -2.53. The Morgan fingerprint density at radius 2 is 1.58 bits per heavy atom. The SMILES string of the molecule is CCN1CCC(N2CCN(c3cccc4c3C(=O)N(Cc3ccc(OC)c(OC)c3)C4=O)CC2)CC1. The second-order valence-corrected chi connectivity index (χ2v) is 9.77. The number of ether oxygens (including phenoxy) is 2. The third kappa shape index (κ3) is 4.55. The van der Waals surface area contributed by atoms with Crippen LogP contribution in [0.1, 0.15) is 46.0 Å². The average molecular weight is 493 g/mol. The number of fused-ring (bicyclic) bond motifs is 1. The van der Waals surface area contributed by atoms with Crippen molar-refractivity contribution in [3.63, 3.8) is 0 Å². The molecule has 0 aliphatic carbocycles. The van der Waals surface area contributed by atoms with E-state index in [2.05, 4.69) is 21.6 Å². The lowest BCUT2D eigenvalue weighted by atomic mass is 10.0. The molecule has 5 rings (SSSR count). The molecular formula is C28H36N4O4. The van der Waals surface area contributed by atoms with Crippen LogP contribution in [0, 0.1) is 0 Å². The molecule has 8 nitrogen and oxygen atoms in total. The number of benzene rings is 2. The van der Waals surface area contributed by atoms with Gasteiger partial charge in [-0.25, -0.2) is 0 Å². The highest BCUT2D eigenvalue weighted by molar-refractivity contribution is 6.23. The van der Waals surface area contributed by atoms with Gasteiger partial charge in [0.2, 0.25) is 0 Å². The van der Waals surface area contributed by atoms with Crippen LogP contribution in [0.25, 0.3) is 0 Å². The molecule has 2 amide bonds. The number of hydrogen-bond acceptors (Lipinski definition) is 7. The minimum Gasteiger partial charge on any atom is -0.493 e. The van der Waals surface area contributed by atoms with E-state index >= 15 is 0 Å². The third-order valence-corrected chi connectivity index (χ3v) is 7.94. The highest BCUT2D eigenvalue weighted by Gasteiger charge is 2.39. The lowest BCUT2D eigenvalue weighted by molar-refractivity contribution is 0.0642. The molecular weight excluding hydrogens is 456 g/mol. The van der Waals surface area contributed by atoms with Crippen molar-refractivity contribution in [1.82, 2.24) is 14.7 Å². The largest absolute Gasteiger partial charge is 0.493 e. The molecule has 0 bridgehead atoms. The number of amides is 2. The molecule has 8 heteroatoms. The third-order valence-electron chi connectivity index (χ3n) is 7.94. The van der Waals surface area contributed by atoms with Crippen LogP contribution in [0.15, 0.2) is 36.4 Å². The first-order chi connectivity index (χ1) is 17.5. The van der Waals surface area contributed by atoms with Crippen LogP contribution in [0.2, 0.25) is 0 Å². The zero-order valence-corrected chi connectivity index (χ0v) is 21.5. The van der Waals surface area contributed by atoms with Gasteiger partial charge in [0, 0.05) is 32.2 Å². The van der Waals surface area contributed by atoms with Gasteiger partial charge in [0.05, 0.1) is 37.6 Å². The van der Waals surface area contributed by atoms with Gasteiger partial charge >= 0.3 is 0 Å². The van der Waals surface area contributed by atoms with Crippen molar-refractivity contribution >= 4 is 17.5 Å². The molecule has 2 aromatic rings. The molecule has 0 N–H and O–H groups in total. The summed E-state index contributed by atoms with van der Waals surface area (Å²) in [6.45, 7) is 9.61. The fourth-order valence-corrected chi connectivity index (χ4v) is 5.81. The molecule has 0 radical (unpaired) electrons. The van der Waals surface area contributed by atoms with Crippen LogP contribution in [0.4, 0.5) is 5.69 Å². The minimum atomic E-state index is -0.243. The van der Waals surface area contributed by atoms with E-state index in [-0.39, 0.29) is 18.4 Å². The first kappa shape index (κ1) is 24.6. The van der Waals surface area contributed by atoms with Crippen LogP contribution in [0.3, 0.4) is 0 Å². The van der Waals surface area contributed by atoms with Gasteiger partial charge in [0.1, 0.15) is 0 Å². The predicted molar refractivity (Wildman–Crippen MR) is 139 cm³/mol. The smallest absolute Gasteiger partial charge is 0.263 e. The van der Waals surface area contributed by atoms with E-state index < -0.39 is 0 Å². The summed E-state index contributed by atoms with van der Waals surface area (Å²) in [5, 5.41) is 0. The molecule has 0 spiro atoms. The molecule has 3 heterocycles. The van der Waals surface area contributed by atoms with Crippen molar-refractivity contribution in [2.75, 3.05) is 64.9 Å². The van der Waals surface area contributed by atoms with Crippen LogP contribution >= 0.6 is 0 Å². The summed E-state index contributed by atoms with van der Waals surface area (Å²) in [6.07, 6.45) is 2.46. The Morgan fingerprint density at radius 3 is 2.25 bits per heavy atom. The quantitative estimate of drug-likeness (QED) is 0.551. The molecule has 3 aliphatic rings. The Labute approximate surface area is 213 Å². The summed E-state index contributed by atoms with van der Waals surface area (Å²) >= 11 is 0. The van der Waals surface area contributed by atoms with Crippen molar-refractivity contribution < 1.29 is 19.1 Å². The van der Waals surface area contributed by atoms with Gasteiger partial charge < -0.3 is 19.3 Å². The molecule has 0 saturated carbocycles. The molecule has 3 aliphatic heterocycles. The van der Waals surface area contributed by atoms with Crippen LogP contribution in [-0.2, 0) is 6.54 Å². The van der Waals surface area contributed by atoms with Crippen LogP contribution in [0.5, 0.6) is 11.5 Å². The van der Waals surface area contributed by atoms with Gasteiger partial charge in [-0.1, -0.05) is 19.1 Å². The van der Waals surface area contributed by atoms with Gasteiger partial charge in [0.25, 0.3) is 11.8 Å². The Balaban J connectivity index is 1.29. The fraction of sp³-hybridized carbons (Fsp3) is 0.500. The van der Waals surface area contributed by atoms with E-state index in [1.54, 1.807) is 26.4 Å². The van der Waals surface area contributed by atoms with Gasteiger partial charge in [-0.05, 0) is 62.3 Å². The first-order valence-corrected chi connectivity index (χ1v) is 13.0. The van der Waals surface area contributed by atoms with Crippen LogP contribution < -0.4 is 14.4 Å². The highest BCUT2D eigenvalue weighted by Crippen LogP contribution is 2.35. The number of anilines is 1. The summed E-state index contributed by atoms with van der Waals surface area (Å²) in [5.41, 5.74) is 2.72. The van der Waals surface area contributed by atoms with Crippen molar-refractivity contribution in [2.45, 2.75) is 32.4 Å². The number of piperidine rings is 1. The summed E-state index contributed by atoms with van der Waals surface area (Å²) in [6, 6.07) is 11.8. The molecule has 36 heavy (non-hydrogen) atoms. The van der Waals surface area contributed by atoms with Gasteiger partial charge in [-0.3, -0.25) is 19.4 Å². The number of carbonyl (C=O) groups excluding carboxylic acids is 2. The molecule has 0 unspecified atom stereocenters. The maximum Gasteiger partial charge on any atom is 0.263 e. The molecule has 192 valence electrons. The van der Waals surface area contributed by atoms with Gasteiger partial charge in [0.15, 0.2) is 11.5 Å². The highest BCUT2D eigenvalue weighted by atomic mass is 16.5. The Hall–Kier alpha value is -3.10. The number of carbonyl (C=O) groups is 2. The minimum absolute atomic E-state index is 0.191. The number of methoxy groups -OCH3 is 2. The summed E-state index contributed by atoms with van der Waals surface area (Å²) in [4.78, 5) is 35.5. The topological polar surface area (TPSA) is 65.6 Å². The second kappa shape index (κ2) is 10.5. The van der Waals surface area contributed by atoms with E-state index in [4.69, 9.17) is 9.47 Å². The van der Waals surface area contributed by atoms with Crippen molar-refractivity contribution in [3.05, 3.63) is 53.1 Å². The maximum absolute atomic E-state index is 13.5. The van der Waals surface area contributed by atoms with E-state index in [0.717, 1.165) is 44.0 Å². The second-order valence-electron chi connectivity index (χ2n) is 9.77. The molecule has 2 aromatic carbocycles. The number of likely N-dealkylation sites (tertiary alicyclic amines) is 1. The zero-order chi connectivity index (χ0) is 25.2.